The molecule has 0 fully saturated rings. The number of benzene rings is 1. The monoisotopic (exact) mass is 270 g/mol. The summed E-state index contributed by atoms with van der Waals surface area (Å²) in [5.41, 5.74) is 10.6. The summed E-state index contributed by atoms with van der Waals surface area (Å²) in [5.74, 6) is 0. The molecular weight excluding hydrogens is 256 g/mol. The molecule has 2 aromatic heterocycles. The van der Waals surface area contributed by atoms with Crippen molar-refractivity contribution in [2.45, 2.75) is 6.42 Å². The third-order valence-corrected chi connectivity index (χ3v) is 3.57. The van der Waals surface area contributed by atoms with Crippen LogP contribution >= 0.6 is 11.6 Å². The topological polar surface area (TPSA) is 30.4 Å². The molecule has 3 heteroatoms. The summed E-state index contributed by atoms with van der Waals surface area (Å²) >= 11 is 5.95. The average Bonchev–Trinajstić information content (AvgIpc) is 2.79. The summed E-state index contributed by atoms with van der Waals surface area (Å²) in [6.45, 7) is 0.640. The van der Waals surface area contributed by atoms with Crippen LogP contribution in [-0.4, -0.2) is 10.9 Å². The van der Waals surface area contributed by atoms with Crippen molar-refractivity contribution in [1.29, 1.82) is 0 Å². The van der Waals surface area contributed by atoms with Gasteiger partial charge in [0.2, 0.25) is 0 Å². The van der Waals surface area contributed by atoms with E-state index in [9.17, 15) is 0 Å². The van der Waals surface area contributed by atoms with Crippen molar-refractivity contribution in [2.75, 3.05) is 6.54 Å². The number of halogens is 1. The molecular formula is C16H15ClN2. The van der Waals surface area contributed by atoms with E-state index in [1.807, 2.05) is 24.3 Å². The molecule has 19 heavy (non-hydrogen) atoms. The highest BCUT2D eigenvalue weighted by Crippen LogP contribution is 2.29. The molecule has 2 N–H and O–H groups in total. The van der Waals surface area contributed by atoms with Crippen LogP contribution in [0.4, 0.5) is 0 Å². The molecule has 0 aliphatic rings. The zero-order valence-electron chi connectivity index (χ0n) is 10.5. The number of hydrogen-bond acceptors (Lipinski definition) is 1. The molecule has 0 atom stereocenters. The number of aromatic nitrogens is 1. The summed E-state index contributed by atoms with van der Waals surface area (Å²) in [7, 11) is 0. The standard InChI is InChI=1S/C16H15ClN2/c17-13-6-4-12(5-7-13)15-11-14-3-1-2-10-19(14)16(15)8-9-18/h1-7,10-11H,8-9,18H2. The summed E-state index contributed by atoms with van der Waals surface area (Å²) in [6, 6.07) is 16.4. The van der Waals surface area contributed by atoms with Crippen molar-refractivity contribution >= 4 is 17.1 Å². The van der Waals surface area contributed by atoms with Gasteiger partial charge in [-0.25, -0.2) is 0 Å². The highest BCUT2D eigenvalue weighted by atomic mass is 35.5. The summed E-state index contributed by atoms with van der Waals surface area (Å²) in [5, 5.41) is 0.757. The normalized spacial score (nSPS) is 11.1. The maximum Gasteiger partial charge on any atom is 0.0459 e. The second kappa shape index (κ2) is 5.08. The summed E-state index contributed by atoms with van der Waals surface area (Å²) in [6.07, 6.45) is 2.94. The Morgan fingerprint density at radius 3 is 2.58 bits per heavy atom. The molecule has 0 aliphatic heterocycles. The molecule has 0 amide bonds. The summed E-state index contributed by atoms with van der Waals surface area (Å²) in [4.78, 5) is 0. The quantitative estimate of drug-likeness (QED) is 0.772. The van der Waals surface area contributed by atoms with Crippen LogP contribution < -0.4 is 5.73 Å². The molecule has 96 valence electrons. The molecule has 1 aromatic carbocycles. The zero-order valence-corrected chi connectivity index (χ0v) is 11.3. The second-order valence-electron chi connectivity index (χ2n) is 4.55. The van der Waals surface area contributed by atoms with E-state index >= 15 is 0 Å². The van der Waals surface area contributed by atoms with Gasteiger partial charge >= 0.3 is 0 Å². The van der Waals surface area contributed by atoms with Crippen LogP contribution in [0.1, 0.15) is 5.69 Å². The van der Waals surface area contributed by atoms with Crippen molar-refractivity contribution in [2.24, 2.45) is 5.73 Å². The minimum absolute atomic E-state index is 0.640. The zero-order chi connectivity index (χ0) is 13.2. The van der Waals surface area contributed by atoms with Crippen molar-refractivity contribution in [3.8, 4) is 11.1 Å². The molecule has 0 radical (unpaired) electrons. The smallest absolute Gasteiger partial charge is 0.0459 e. The van der Waals surface area contributed by atoms with Crippen LogP contribution in [0, 0.1) is 0 Å². The van der Waals surface area contributed by atoms with Gasteiger partial charge in [-0.1, -0.05) is 29.8 Å². The van der Waals surface area contributed by atoms with Crippen LogP contribution in [-0.2, 0) is 6.42 Å². The molecule has 3 aromatic rings. The number of pyridine rings is 1. The first-order chi connectivity index (χ1) is 9.29. The molecule has 0 bridgehead atoms. The largest absolute Gasteiger partial charge is 0.330 e. The molecule has 0 saturated heterocycles. The van der Waals surface area contributed by atoms with Gasteiger partial charge < -0.3 is 10.1 Å². The van der Waals surface area contributed by atoms with E-state index in [1.54, 1.807) is 0 Å². The maximum atomic E-state index is 5.95. The van der Waals surface area contributed by atoms with E-state index in [-0.39, 0.29) is 0 Å². The van der Waals surface area contributed by atoms with Crippen LogP contribution in [0.3, 0.4) is 0 Å². The average molecular weight is 271 g/mol. The number of fused-ring (bicyclic) bond motifs is 1. The van der Waals surface area contributed by atoms with Crippen molar-refractivity contribution in [3.63, 3.8) is 0 Å². The fraction of sp³-hybridized carbons (Fsp3) is 0.125. The third-order valence-electron chi connectivity index (χ3n) is 3.32. The van der Waals surface area contributed by atoms with Gasteiger partial charge in [0.05, 0.1) is 0 Å². The van der Waals surface area contributed by atoms with Gasteiger partial charge in [-0.05, 0) is 42.4 Å². The van der Waals surface area contributed by atoms with Gasteiger partial charge in [0.25, 0.3) is 0 Å². The highest BCUT2D eigenvalue weighted by molar-refractivity contribution is 6.30. The molecule has 0 saturated carbocycles. The molecule has 0 aliphatic carbocycles. The van der Waals surface area contributed by atoms with Gasteiger partial charge in [-0.15, -0.1) is 0 Å². The van der Waals surface area contributed by atoms with E-state index in [1.165, 1.54) is 22.3 Å². The predicted molar refractivity (Wildman–Crippen MR) is 80.6 cm³/mol. The number of rotatable bonds is 3. The van der Waals surface area contributed by atoms with Crippen molar-refractivity contribution in [3.05, 3.63) is 65.4 Å². The highest BCUT2D eigenvalue weighted by Gasteiger charge is 2.10. The Morgan fingerprint density at radius 2 is 1.84 bits per heavy atom. The molecule has 0 spiro atoms. The molecule has 2 heterocycles. The molecule has 3 rings (SSSR count). The molecule has 2 nitrogen and oxygen atoms in total. The first-order valence-corrected chi connectivity index (χ1v) is 6.72. The Morgan fingerprint density at radius 1 is 1.05 bits per heavy atom. The SMILES string of the molecule is NCCc1c(-c2ccc(Cl)cc2)cc2ccccn12. The van der Waals surface area contributed by atoms with Gasteiger partial charge in [0, 0.05) is 34.4 Å². The van der Waals surface area contributed by atoms with E-state index in [0.717, 1.165) is 11.4 Å². The van der Waals surface area contributed by atoms with E-state index in [4.69, 9.17) is 17.3 Å². The lowest BCUT2D eigenvalue weighted by Crippen LogP contribution is -2.06. The third kappa shape index (κ3) is 2.25. The lowest BCUT2D eigenvalue weighted by Gasteiger charge is -2.05. The fourth-order valence-electron chi connectivity index (χ4n) is 2.45. The van der Waals surface area contributed by atoms with E-state index in [2.05, 4.69) is 34.9 Å². The van der Waals surface area contributed by atoms with Crippen LogP contribution in [0.2, 0.25) is 5.02 Å². The Bertz CT molecular complexity index is 698. The fourth-order valence-corrected chi connectivity index (χ4v) is 2.58. The van der Waals surface area contributed by atoms with Crippen LogP contribution in [0.15, 0.2) is 54.7 Å². The van der Waals surface area contributed by atoms with E-state index < -0.39 is 0 Å². The molecule has 0 unspecified atom stereocenters. The van der Waals surface area contributed by atoms with E-state index in [0.29, 0.717) is 6.54 Å². The van der Waals surface area contributed by atoms with Crippen LogP contribution in [0.5, 0.6) is 0 Å². The minimum atomic E-state index is 0.640. The Hall–Kier alpha value is -1.77. The van der Waals surface area contributed by atoms with Crippen LogP contribution in [0.25, 0.3) is 16.6 Å². The number of nitrogens with zero attached hydrogens (tertiary/aromatic N) is 1. The lowest BCUT2D eigenvalue weighted by molar-refractivity contribution is 0.907. The van der Waals surface area contributed by atoms with Crippen molar-refractivity contribution < 1.29 is 0 Å². The summed E-state index contributed by atoms with van der Waals surface area (Å²) < 4.78 is 2.21. The van der Waals surface area contributed by atoms with Gasteiger partial charge in [-0.2, -0.15) is 0 Å². The van der Waals surface area contributed by atoms with Crippen molar-refractivity contribution in [1.82, 2.24) is 4.40 Å². The second-order valence-corrected chi connectivity index (χ2v) is 4.98. The minimum Gasteiger partial charge on any atom is -0.330 e. The number of hydrogen-bond donors (Lipinski definition) is 1. The van der Waals surface area contributed by atoms with Gasteiger partial charge in [-0.3, -0.25) is 0 Å². The predicted octanol–water partition coefficient (Wildman–Crippen LogP) is 3.76. The first-order valence-electron chi connectivity index (χ1n) is 6.34. The Balaban J connectivity index is 2.21. The Kier molecular flexibility index (Phi) is 3.28. The lowest BCUT2D eigenvalue weighted by atomic mass is 10.0. The number of nitrogens with two attached hydrogens (primary N) is 1. The maximum absolute atomic E-state index is 5.95. The van der Waals surface area contributed by atoms with Gasteiger partial charge in [0.1, 0.15) is 0 Å². The van der Waals surface area contributed by atoms with Gasteiger partial charge in [0.15, 0.2) is 0 Å². The first kappa shape index (κ1) is 12.3. The Labute approximate surface area is 117 Å².